The van der Waals surface area contributed by atoms with Crippen LogP contribution < -0.4 is 0 Å². The Hall–Kier alpha value is -0.350. The third kappa shape index (κ3) is 2.11. The summed E-state index contributed by atoms with van der Waals surface area (Å²) >= 11 is 0. The van der Waals surface area contributed by atoms with E-state index in [0.717, 1.165) is 6.92 Å². The molecule has 0 aromatic carbocycles. The van der Waals surface area contributed by atoms with Gasteiger partial charge in [0.05, 0.1) is 0 Å². The molecular formula is C5H6F5. The van der Waals surface area contributed by atoms with Crippen molar-refractivity contribution in [3.63, 3.8) is 0 Å². The third-order valence-corrected chi connectivity index (χ3v) is 1.03. The van der Waals surface area contributed by atoms with E-state index in [-0.39, 0.29) is 0 Å². The molecule has 0 aromatic rings. The van der Waals surface area contributed by atoms with Gasteiger partial charge in [0, 0.05) is 6.42 Å². The minimum absolute atomic E-state index is 0.925. The van der Waals surface area contributed by atoms with E-state index in [1.54, 1.807) is 0 Å². The van der Waals surface area contributed by atoms with E-state index >= 15 is 0 Å². The molecule has 0 aliphatic rings. The quantitative estimate of drug-likeness (QED) is 0.558. The van der Waals surface area contributed by atoms with Gasteiger partial charge >= 0.3 is 6.43 Å². The van der Waals surface area contributed by atoms with Crippen molar-refractivity contribution in [2.75, 3.05) is 0 Å². The van der Waals surface area contributed by atoms with Crippen molar-refractivity contribution >= 4 is 0 Å². The first-order valence-corrected chi connectivity index (χ1v) is 2.61. The summed E-state index contributed by atoms with van der Waals surface area (Å²) in [6.45, 7) is 0.940. The van der Waals surface area contributed by atoms with E-state index in [2.05, 4.69) is 0 Å². The van der Waals surface area contributed by atoms with Crippen LogP contribution in [0, 0.1) is 6.43 Å². The molecule has 0 aliphatic heterocycles. The maximum absolute atomic E-state index is 11.9. The second-order valence-electron chi connectivity index (χ2n) is 1.77. The van der Waals surface area contributed by atoms with Crippen LogP contribution >= 0.6 is 0 Å². The molecule has 0 bridgehead atoms. The normalized spacial score (nSPS) is 15.9. The molecule has 5 heteroatoms. The van der Waals surface area contributed by atoms with Crippen LogP contribution in [0.2, 0.25) is 0 Å². The lowest BCUT2D eigenvalue weighted by atomic mass is 10.2. The highest BCUT2D eigenvalue weighted by molar-refractivity contribution is 4.86. The Morgan fingerprint density at radius 2 is 1.80 bits per heavy atom. The highest BCUT2D eigenvalue weighted by Gasteiger charge is 2.45. The van der Waals surface area contributed by atoms with E-state index in [9.17, 15) is 22.0 Å². The monoisotopic (exact) mass is 161 g/mol. The molecule has 1 atom stereocenters. The molecule has 0 heterocycles. The lowest BCUT2D eigenvalue weighted by Crippen LogP contribution is -2.31. The van der Waals surface area contributed by atoms with Crippen LogP contribution in [0.15, 0.2) is 0 Å². The van der Waals surface area contributed by atoms with Crippen molar-refractivity contribution in [3.05, 3.63) is 6.43 Å². The topological polar surface area (TPSA) is 0 Å². The van der Waals surface area contributed by atoms with Gasteiger partial charge in [-0.25, -0.2) is 13.2 Å². The van der Waals surface area contributed by atoms with Crippen molar-refractivity contribution < 1.29 is 22.0 Å². The van der Waals surface area contributed by atoms with Crippen molar-refractivity contribution in [3.8, 4) is 0 Å². The zero-order valence-electron chi connectivity index (χ0n) is 5.17. The summed E-state index contributed by atoms with van der Waals surface area (Å²) in [5.41, 5.74) is 0. The Balaban J connectivity index is 4.03. The first-order chi connectivity index (χ1) is 4.41. The summed E-state index contributed by atoms with van der Waals surface area (Å²) in [5, 5.41) is 0. The fourth-order valence-electron chi connectivity index (χ4n) is 0.339. The predicted octanol–water partition coefficient (Wildman–Crippen LogP) is 2.80. The van der Waals surface area contributed by atoms with Crippen LogP contribution in [0.5, 0.6) is 0 Å². The molecule has 0 rings (SSSR count). The molecule has 0 saturated heterocycles. The van der Waals surface area contributed by atoms with Crippen LogP contribution in [-0.4, -0.2) is 12.1 Å². The van der Waals surface area contributed by atoms with E-state index in [1.807, 2.05) is 0 Å². The Morgan fingerprint density at radius 3 is 1.90 bits per heavy atom. The largest absolute Gasteiger partial charge is 0.349 e. The molecule has 0 saturated carbocycles. The molecule has 1 radical (unpaired) electrons. The number of halogens is 5. The smallest absolute Gasteiger partial charge is 0.234 e. The van der Waals surface area contributed by atoms with Crippen molar-refractivity contribution in [2.24, 2.45) is 0 Å². The maximum Gasteiger partial charge on any atom is 0.349 e. The Labute approximate surface area is 55.0 Å². The molecular weight excluding hydrogens is 155 g/mol. The summed E-state index contributed by atoms with van der Waals surface area (Å²) in [6, 6.07) is 0. The molecule has 0 N–H and O–H groups in total. The van der Waals surface area contributed by atoms with E-state index in [0.29, 0.717) is 0 Å². The van der Waals surface area contributed by atoms with Gasteiger partial charge in [-0.2, -0.15) is 8.78 Å². The predicted molar refractivity (Wildman–Crippen MR) is 25.6 cm³/mol. The third-order valence-electron chi connectivity index (χ3n) is 1.03. The first kappa shape index (κ1) is 9.65. The molecule has 0 amide bonds. The van der Waals surface area contributed by atoms with E-state index in [4.69, 9.17) is 0 Å². The van der Waals surface area contributed by atoms with Crippen LogP contribution in [-0.2, 0) is 0 Å². The number of rotatable bonds is 3. The Morgan fingerprint density at radius 1 is 1.40 bits per heavy atom. The summed E-state index contributed by atoms with van der Waals surface area (Å²) in [4.78, 5) is 0. The van der Waals surface area contributed by atoms with Gasteiger partial charge in [0.25, 0.3) is 5.92 Å². The van der Waals surface area contributed by atoms with Gasteiger partial charge in [-0.3, -0.25) is 0 Å². The molecule has 0 aliphatic carbocycles. The fourth-order valence-corrected chi connectivity index (χ4v) is 0.339. The zero-order chi connectivity index (χ0) is 8.36. The lowest BCUT2D eigenvalue weighted by Gasteiger charge is -2.16. The SMILES string of the molecule is CCC(F)(F)C(F)[C](F)F. The van der Waals surface area contributed by atoms with Gasteiger partial charge in [0.2, 0.25) is 6.17 Å². The zero-order valence-corrected chi connectivity index (χ0v) is 5.17. The van der Waals surface area contributed by atoms with Crippen molar-refractivity contribution in [1.82, 2.24) is 0 Å². The second-order valence-corrected chi connectivity index (χ2v) is 1.77. The van der Waals surface area contributed by atoms with Crippen molar-refractivity contribution in [1.29, 1.82) is 0 Å². The van der Waals surface area contributed by atoms with Crippen molar-refractivity contribution in [2.45, 2.75) is 25.4 Å². The van der Waals surface area contributed by atoms with Gasteiger partial charge in [-0.15, -0.1) is 0 Å². The van der Waals surface area contributed by atoms with Gasteiger partial charge < -0.3 is 0 Å². The minimum atomic E-state index is -3.93. The maximum atomic E-state index is 11.9. The Bertz CT molecular complexity index is 100. The van der Waals surface area contributed by atoms with Gasteiger partial charge in [-0.1, -0.05) is 6.92 Å². The molecule has 1 unspecified atom stereocenters. The molecule has 0 fully saturated rings. The fraction of sp³-hybridized carbons (Fsp3) is 0.800. The molecule has 61 valence electrons. The minimum Gasteiger partial charge on any atom is -0.234 e. The van der Waals surface area contributed by atoms with Crippen LogP contribution in [0.25, 0.3) is 0 Å². The first-order valence-electron chi connectivity index (χ1n) is 2.61. The molecule has 10 heavy (non-hydrogen) atoms. The number of hydrogen-bond acceptors (Lipinski definition) is 0. The van der Waals surface area contributed by atoms with Gasteiger partial charge in [0.1, 0.15) is 0 Å². The van der Waals surface area contributed by atoms with E-state index in [1.165, 1.54) is 0 Å². The summed E-state index contributed by atoms with van der Waals surface area (Å²) in [7, 11) is 0. The summed E-state index contributed by atoms with van der Waals surface area (Å²) in [6.07, 6.45) is -7.21. The van der Waals surface area contributed by atoms with Crippen LogP contribution in [0.4, 0.5) is 22.0 Å². The number of alkyl halides is 3. The van der Waals surface area contributed by atoms with Gasteiger partial charge in [-0.05, 0) is 0 Å². The summed E-state index contributed by atoms with van der Waals surface area (Å²) in [5.74, 6) is -3.93. The van der Waals surface area contributed by atoms with E-state index < -0.39 is 24.9 Å². The summed E-state index contributed by atoms with van der Waals surface area (Å²) < 4.78 is 58.0. The molecule has 0 spiro atoms. The van der Waals surface area contributed by atoms with Gasteiger partial charge in [0.15, 0.2) is 0 Å². The average molecular weight is 161 g/mol. The highest BCUT2D eigenvalue weighted by atomic mass is 19.3. The average Bonchev–Trinajstić information content (AvgIpc) is 1.86. The molecule has 0 aromatic heterocycles. The Kier molecular flexibility index (Phi) is 3.05. The second kappa shape index (κ2) is 3.16. The standard InChI is InChI=1S/C5H6F5/c1-2-5(9,10)3(6)4(7)8/h3H,2H2,1H3. The highest BCUT2D eigenvalue weighted by Crippen LogP contribution is 2.32. The van der Waals surface area contributed by atoms with Crippen LogP contribution in [0.1, 0.15) is 13.3 Å². The van der Waals surface area contributed by atoms with Crippen LogP contribution in [0.3, 0.4) is 0 Å². The lowest BCUT2D eigenvalue weighted by molar-refractivity contribution is -0.0945. The molecule has 0 nitrogen and oxygen atoms in total. The number of hydrogen-bond donors (Lipinski definition) is 0.